The zero-order valence-corrected chi connectivity index (χ0v) is 15.1. The standard InChI is InChI=1S/C16H15NO7S2/c1-11(26(21,22)23)15(18)12-7-9-13(10-8-12)16-17(24-16)25(19,20)14-5-3-2-4-6-14/h2-11,16H,1H3,(H,21,22,23). The molecule has 0 saturated carbocycles. The molecule has 0 spiro atoms. The van der Waals surface area contributed by atoms with Crippen molar-refractivity contribution in [2.45, 2.75) is 23.3 Å². The Morgan fingerprint density at radius 2 is 1.62 bits per heavy atom. The number of rotatable bonds is 6. The lowest BCUT2D eigenvalue weighted by Crippen LogP contribution is -2.26. The minimum atomic E-state index is -4.48. The number of carbonyl (C=O) groups is 1. The number of ketones is 1. The molecule has 0 amide bonds. The average molecular weight is 397 g/mol. The van der Waals surface area contributed by atoms with Crippen LogP contribution >= 0.6 is 0 Å². The van der Waals surface area contributed by atoms with Crippen LogP contribution in [0.3, 0.4) is 0 Å². The number of carbonyl (C=O) groups excluding carboxylic acids is 1. The maximum Gasteiger partial charge on any atom is 0.275 e. The molecule has 1 saturated heterocycles. The summed E-state index contributed by atoms with van der Waals surface area (Å²) in [5.41, 5.74) is 0.567. The predicted octanol–water partition coefficient (Wildman–Crippen LogP) is 1.78. The van der Waals surface area contributed by atoms with Gasteiger partial charge >= 0.3 is 0 Å². The van der Waals surface area contributed by atoms with Crippen LogP contribution in [0, 0.1) is 0 Å². The molecular formula is C16H15NO7S2. The summed E-state index contributed by atoms with van der Waals surface area (Å²) in [6.45, 7) is 1.09. The second kappa shape index (κ2) is 6.56. The van der Waals surface area contributed by atoms with Crippen LogP contribution < -0.4 is 0 Å². The van der Waals surface area contributed by atoms with Crippen LogP contribution in [0.2, 0.25) is 0 Å². The number of hydrogen-bond donors (Lipinski definition) is 1. The number of hydrogen-bond acceptors (Lipinski definition) is 6. The zero-order valence-electron chi connectivity index (χ0n) is 13.5. The summed E-state index contributed by atoms with van der Waals surface area (Å²) in [6, 6.07) is 13.4. The molecule has 10 heteroatoms. The molecule has 26 heavy (non-hydrogen) atoms. The first-order valence-corrected chi connectivity index (χ1v) is 10.4. The van der Waals surface area contributed by atoms with Gasteiger partial charge in [-0.15, -0.1) is 0 Å². The van der Waals surface area contributed by atoms with E-state index in [9.17, 15) is 21.6 Å². The number of Topliss-reactive ketones (excluding diaryl/α,β-unsaturated/α-hetero) is 1. The van der Waals surface area contributed by atoms with E-state index < -0.39 is 37.4 Å². The van der Waals surface area contributed by atoms with Gasteiger partial charge in [0, 0.05) is 11.1 Å². The van der Waals surface area contributed by atoms with Crippen molar-refractivity contribution in [3.05, 3.63) is 65.7 Å². The van der Waals surface area contributed by atoms with Crippen molar-refractivity contribution >= 4 is 25.9 Å². The SMILES string of the molecule is CC(C(=O)c1ccc(C2ON2S(=O)(=O)c2ccccc2)cc1)S(=O)(=O)O. The summed E-state index contributed by atoms with van der Waals surface area (Å²) in [5, 5.41) is -1.58. The first-order chi connectivity index (χ1) is 12.1. The van der Waals surface area contributed by atoms with Gasteiger partial charge in [0.15, 0.2) is 12.0 Å². The normalized spacial score (nSPS) is 21.2. The maximum atomic E-state index is 12.4. The molecule has 1 fully saturated rings. The van der Waals surface area contributed by atoms with Crippen molar-refractivity contribution < 1.29 is 31.0 Å². The molecule has 3 unspecified atom stereocenters. The lowest BCUT2D eigenvalue weighted by atomic mass is 10.1. The third kappa shape index (κ3) is 3.55. The molecule has 0 aliphatic carbocycles. The van der Waals surface area contributed by atoms with Crippen LogP contribution in [0.4, 0.5) is 0 Å². The lowest BCUT2D eigenvalue weighted by molar-refractivity contribution is 0.0989. The summed E-state index contributed by atoms with van der Waals surface area (Å²) < 4.78 is 56.7. The monoisotopic (exact) mass is 397 g/mol. The van der Waals surface area contributed by atoms with E-state index in [0.29, 0.717) is 5.56 Å². The molecule has 138 valence electrons. The second-order valence-electron chi connectivity index (χ2n) is 5.67. The number of benzene rings is 2. The number of hydroxylamine groups is 1. The highest BCUT2D eigenvalue weighted by Gasteiger charge is 2.48. The lowest BCUT2D eigenvalue weighted by Gasteiger charge is -2.07. The van der Waals surface area contributed by atoms with E-state index in [2.05, 4.69) is 0 Å². The molecule has 2 aromatic rings. The first-order valence-electron chi connectivity index (χ1n) is 7.49. The Bertz CT molecular complexity index is 1030. The molecule has 1 aliphatic rings. The Kier molecular flexibility index (Phi) is 4.71. The van der Waals surface area contributed by atoms with E-state index in [1.807, 2.05) is 0 Å². The van der Waals surface area contributed by atoms with Crippen LogP contribution in [-0.4, -0.2) is 36.9 Å². The minimum absolute atomic E-state index is 0.0805. The van der Waals surface area contributed by atoms with Crippen molar-refractivity contribution in [2.24, 2.45) is 0 Å². The molecule has 0 bridgehead atoms. The first kappa shape index (κ1) is 18.7. The third-order valence-corrected chi connectivity index (χ3v) is 6.65. The van der Waals surface area contributed by atoms with E-state index in [1.54, 1.807) is 18.2 Å². The summed E-state index contributed by atoms with van der Waals surface area (Å²) in [4.78, 5) is 17.3. The Morgan fingerprint density at radius 3 is 2.15 bits per heavy atom. The van der Waals surface area contributed by atoms with Crippen molar-refractivity contribution in [3.8, 4) is 0 Å². The van der Waals surface area contributed by atoms with Crippen molar-refractivity contribution in [2.75, 3.05) is 0 Å². The van der Waals surface area contributed by atoms with Gasteiger partial charge in [-0.1, -0.05) is 42.5 Å². The Morgan fingerprint density at radius 1 is 1.04 bits per heavy atom. The van der Waals surface area contributed by atoms with Crippen LogP contribution in [-0.2, 0) is 25.0 Å². The molecule has 8 nitrogen and oxygen atoms in total. The van der Waals surface area contributed by atoms with Crippen LogP contribution in [0.25, 0.3) is 0 Å². The quantitative estimate of drug-likeness (QED) is 0.448. The molecule has 1 heterocycles. The number of sulfonamides is 1. The molecule has 2 aromatic carbocycles. The van der Waals surface area contributed by atoms with E-state index >= 15 is 0 Å². The van der Waals surface area contributed by atoms with Crippen LogP contribution in [0.1, 0.15) is 29.1 Å². The fourth-order valence-electron chi connectivity index (χ4n) is 2.31. The largest absolute Gasteiger partial charge is 0.293 e. The van der Waals surface area contributed by atoms with Gasteiger partial charge < -0.3 is 0 Å². The molecule has 0 aromatic heterocycles. The minimum Gasteiger partial charge on any atom is -0.293 e. The Balaban J connectivity index is 1.76. The number of nitrogens with zero attached hydrogens (tertiary/aromatic N) is 1. The van der Waals surface area contributed by atoms with Gasteiger partial charge in [-0.05, 0) is 23.5 Å². The molecule has 3 atom stereocenters. The van der Waals surface area contributed by atoms with Gasteiger partial charge in [0.05, 0.1) is 4.90 Å². The van der Waals surface area contributed by atoms with Gasteiger partial charge in [0.1, 0.15) is 5.25 Å². The maximum absolute atomic E-state index is 12.4. The Labute approximate surface area is 150 Å². The summed E-state index contributed by atoms with van der Waals surface area (Å²) in [6.07, 6.45) is -0.816. The summed E-state index contributed by atoms with van der Waals surface area (Å²) in [5.74, 6) is -0.760. The molecule has 0 radical (unpaired) electrons. The van der Waals surface area contributed by atoms with Gasteiger partial charge in [-0.25, -0.2) is 8.42 Å². The van der Waals surface area contributed by atoms with Crippen LogP contribution in [0.15, 0.2) is 59.5 Å². The Hall–Kier alpha value is -2.11. The highest BCUT2D eigenvalue weighted by molar-refractivity contribution is 7.89. The van der Waals surface area contributed by atoms with E-state index in [-0.39, 0.29) is 10.5 Å². The highest BCUT2D eigenvalue weighted by atomic mass is 32.2. The highest BCUT2D eigenvalue weighted by Crippen LogP contribution is 2.42. The summed E-state index contributed by atoms with van der Waals surface area (Å²) >= 11 is 0. The zero-order chi connectivity index (χ0) is 19.1. The van der Waals surface area contributed by atoms with Crippen molar-refractivity contribution in [1.29, 1.82) is 0 Å². The van der Waals surface area contributed by atoms with E-state index in [0.717, 1.165) is 11.4 Å². The summed E-state index contributed by atoms with van der Waals surface area (Å²) in [7, 11) is -8.28. The fourth-order valence-corrected chi connectivity index (χ4v) is 4.00. The fraction of sp³-hybridized carbons (Fsp3) is 0.188. The van der Waals surface area contributed by atoms with Crippen molar-refractivity contribution in [3.63, 3.8) is 0 Å². The van der Waals surface area contributed by atoms with Crippen LogP contribution in [0.5, 0.6) is 0 Å². The third-order valence-electron chi connectivity index (χ3n) is 3.92. The van der Waals surface area contributed by atoms with Gasteiger partial charge in [-0.3, -0.25) is 14.2 Å². The van der Waals surface area contributed by atoms with Gasteiger partial charge in [0.25, 0.3) is 20.1 Å². The van der Waals surface area contributed by atoms with E-state index in [1.165, 1.54) is 36.4 Å². The molecule has 1 N–H and O–H groups in total. The predicted molar refractivity (Wildman–Crippen MR) is 91.1 cm³/mol. The van der Waals surface area contributed by atoms with E-state index in [4.69, 9.17) is 9.39 Å². The van der Waals surface area contributed by atoms with Gasteiger partial charge in [-0.2, -0.15) is 8.42 Å². The van der Waals surface area contributed by atoms with Gasteiger partial charge in [0.2, 0.25) is 0 Å². The molecule has 1 aliphatic heterocycles. The van der Waals surface area contributed by atoms with Crippen molar-refractivity contribution in [1.82, 2.24) is 4.47 Å². The molecule has 3 rings (SSSR count). The molecular weight excluding hydrogens is 382 g/mol. The average Bonchev–Trinajstić information content (AvgIpc) is 3.42. The topological polar surface area (TPSA) is 121 Å². The smallest absolute Gasteiger partial charge is 0.275 e. The second-order valence-corrected chi connectivity index (χ2v) is 9.19.